The van der Waals surface area contributed by atoms with Crippen molar-refractivity contribution in [1.82, 2.24) is 0 Å². The van der Waals surface area contributed by atoms with Gasteiger partial charge in [0.25, 0.3) is 5.69 Å². The van der Waals surface area contributed by atoms with Crippen molar-refractivity contribution in [1.29, 1.82) is 0 Å². The molecule has 6 nitrogen and oxygen atoms in total. The van der Waals surface area contributed by atoms with Gasteiger partial charge in [0.2, 0.25) is 0 Å². The summed E-state index contributed by atoms with van der Waals surface area (Å²) in [6.45, 7) is 3.45. The minimum absolute atomic E-state index is 0.0292. The molecule has 21 heavy (non-hydrogen) atoms. The normalized spacial score (nSPS) is 11.1. The largest absolute Gasteiger partial charge is 0.379 e. The summed E-state index contributed by atoms with van der Waals surface area (Å²) in [5.41, 5.74) is 1.24. The van der Waals surface area contributed by atoms with E-state index in [0.29, 0.717) is 5.56 Å². The van der Waals surface area contributed by atoms with Crippen molar-refractivity contribution in [2.45, 2.75) is 18.7 Å². The van der Waals surface area contributed by atoms with Crippen molar-refractivity contribution < 1.29 is 17.5 Å². The van der Waals surface area contributed by atoms with Crippen LogP contribution >= 0.6 is 0 Å². The number of non-ortho nitro benzene ring substituents is 1. The summed E-state index contributed by atoms with van der Waals surface area (Å²) >= 11 is 0. The predicted octanol–water partition coefficient (Wildman–Crippen LogP) is 2.98. The van der Waals surface area contributed by atoms with Crippen LogP contribution in [0.15, 0.2) is 47.4 Å². The third-order valence-electron chi connectivity index (χ3n) is 2.87. The molecule has 0 fully saturated rings. The number of rotatable bonds is 4. The highest BCUT2D eigenvalue weighted by Gasteiger charge is 2.19. The molecule has 0 aromatic heterocycles. The van der Waals surface area contributed by atoms with Crippen LogP contribution in [-0.2, 0) is 10.1 Å². The average molecular weight is 307 g/mol. The van der Waals surface area contributed by atoms with E-state index in [2.05, 4.69) is 0 Å². The molecule has 0 radical (unpaired) electrons. The summed E-state index contributed by atoms with van der Waals surface area (Å²) < 4.78 is 29.5. The van der Waals surface area contributed by atoms with Gasteiger partial charge in [0.05, 0.1) is 4.92 Å². The maximum atomic E-state index is 12.2. The van der Waals surface area contributed by atoms with Crippen LogP contribution in [0.5, 0.6) is 5.75 Å². The lowest BCUT2D eigenvalue weighted by molar-refractivity contribution is -0.384. The topological polar surface area (TPSA) is 86.5 Å². The Morgan fingerprint density at radius 1 is 1.05 bits per heavy atom. The number of nitro groups is 1. The Labute approximate surface area is 122 Å². The molecular weight excluding hydrogens is 294 g/mol. The molecule has 0 N–H and O–H groups in total. The van der Waals surface area contributed by atoms with Crippen LogP contribution in [0.2, 0.25) is 0 Å². The van der Waals surface area contributed by atoms with Gasteiger partial charge >= 0.3 is 10.1 Å². The van der Waals surface area contributed by atoms with E-state index < -0.39 is 15.0 Å². The molecule has 0 amide bonds. The lowest BCUT2D eigenvalue weighted by Crippen LogP contribution is -2.11. The maximum absolute atomic E-state index is 12.2. The number of benzene rings is 2. The Morgan fingerprint density at radius 2 is 1.67 bits per heavy atom. The van der Waals surface area contributed by atoms with E-state index in [1.807, 2.05) is 0 Å². The van der Waals surface area contributed by atoms with E-state index in [0.717, 1.165) is 5.56 Å². The minimum Gasteiger partial charge on any atom is -0.379 e. The van der Waals surface area contributed by atoms with Crippen LogP contribution in [0.4, 0.5) is 5.69 Å². The summed E-state index contributed by atoms with van der Waals surface area (Å²) in [6, 6.07) is 9.90. The molecular formula is C14H13NO5S. The van der Waals surface area contributed by atoms with Gasteiger partial charge in [-0.3, -0.25) is 10.1 Å². The summed E-state index contributed by atoms with van der Waals surface area (Å²) in [7, 11) is -3.97. The third kappa shape index (κ3) is 3.38. The quantitative estimate of drug-likeness (QED) is 0.492. The Morgan fingerprint density at radius 3 is 2.24 bits per heavy atom. The van der Waals surface area contributed by atoms with Crippen LogP contribution in [0.1, 0.15) is 11.1 Å². The fraction of sp³-hybridized carbons (Fsp3) is 0.143. The van der Waals surface area contributed by atoms with E-state index >= 15 is 0 Å². The lowest BCUT2D eigenvalue weighted by Gasteiger charge is -2.09. The second-order valence-electron chi connectivity index (χ2n) is 4.56. The Kier molecular flexibility index (Phi) is 3.95. The molecule has 0 saturated heterocycles. The zero-order valence-corrected chi connectivity index (χ0v) is 12.3. The zero-order chi connectivity index (χ0) is 15.6. The van der Waals surface area contributed by atoms with Crippen molar-refractivity contribution in [2.75, 3.05) is 0 Å². The molecule has 0 heterocycles. The van der Waals surface area contributed by atoms with Crippen LogP contribution in [0, 0.1) is 24.0 Å². The number of nitro benzene ring substituents is 1. The highest BCUT2D eigenvalue weighted by atomic mass is 32.2. The molecule has 0 aliphatic carbocycles. The van der Waals surface area contributed by atoms with E-state index in [-0.39, 0.29) is 16.3 Å². The highest BCUT2D eigenvalue weighted by molar-refractivity contribution is 7.87. The van der Waals surface area contributed by atoms with Crippen molar-refractivity contribution in [3.05, 3.63) is 63.7 Å². The van der Waals surface area contributed by atoms with Crippen LogP contribution in [0.3, 0.4) is 0 Å². The van der Waals surface area contributed by atoms with Crippen molar-refractivity contribution in [2.24, 2.45) is 0 Å². The molecule has 0 atom stereocenters. The second kappa shape index (κ2) is 5.53. The summed E-state index contributed by atoms with van der Waals surface area (Å²) in [5, 5.41) is 10.5. The number of nitrogens with zero attached hydrogens (tertiary/aromatic N) is 1. The highest BCUT2D eigenvalue weighted by Crippen LogP contribution is 2.24. The number of hydrogen-bond donors (Lipinski definition) is 0. The standard InChI is InChI=1S/C14H13NO5S/c1-10-3-4-11(2)14(9-10)21(18,19)20-13-7-5-12(6-8-13)15(16)17/h3-9H,1-2H3. The third-order valence-corrected chi connectivity index (χ3v) is 4.26. The first-order valence-electron chi connectivity index (χ1n) is 6.06. The zero-order valence-electron chi connectivity index (χ0n) is 11.4. The molecule has 0 bridgehead atoms. The van der Waals surface area contributed by atoms with Gasteiger partial charge in [-0.25, -0.2) is 0 Å². The van der Waals surface area contributed by atoms with Crippen LogP contribution in [0.25, 0.3) is 0 Å². The molecule has 2 rings (SSSR count). The van der Waals surface area contributed by atoms with Gasteiger partial charge in [-0.15, -0.1) is 0 Å². The lowest BCUT2D eigenvalue weighted by atomic mass is 10.2. The van der Waals surface area contributed by atoms with Gasteiger partial charge in [-0.1, -0.05) is 12.1 Å². The Balaban J connectivity index is 2.33. The van der Waals surface area contributed by atoms with E-state index in [1.54, 1.807) is 26.0 Å². The molecule has 0 saturated carbocycles. The number of hydrogen-bond acceptors (Lipinski definition) is 5. The molecule has 0 aliphatic heterocycles. The molecule has 2 aromatic carbocycles. The van der Waals surface area contributed by atoms with E-state index in [1.165, 1.54) is 30.3 Å². The van der Waals surface area contributed by atoms with Gasteiger partial charge in [0.15, 0.2) is 0 Å². The van der Waals surface area contributed by atoms with Crippen molar-refractivity contribution in [3.8, 4) is 5.75 Å². The molecule has 110 valence electrons. The first-order chi connectivity index (χ1) is 9.79. The molecule has 0 aliphatic rings. The Hall–Kier alpha value is -2.41. The van der Waals surface area contributed by atoms with Gasteiger partial charge < -0.3 is 4.18 Å². The summed E-state index contributed by atoms with van der Waals surface area (Å²) in [5.74, 6) is 0.0292. The fourth-order valence-electron chi connectivity index (χ4n) is 1.77. The van der Waals surface area contributed by atoms with Crippen molar-refractivity contribution in [3.63, 3.8) is 0 Å². The average Bonchev–Trinajstić information content (AvgIpc) is 2.41. The first kappa shape index (κ1) is 15.0. The molecule has 0 spiro atoms. The van der Waals surface area contributed by atoms with Gasteiger partial charge in [0.1, 0.15) is 10.6 Å². The fourth-order valence-corrected chi connectivity index (χ4v) is 3.02. The monoisotopic (exact) mass is 307 g/mol. The smallest absolute Gasteiger partial charge is 0.339 e. The van der Waals surface area contributed by atoms with Crippen molar-refractivity contribution >= 4 is 15.8 Å². The molecule has 7 heteroatoms. The predicted molar refractivity (Wildman–Crippen MR) is 76.8 cm³/mol. The van der Waals surface area contributed by atoms with Gasteiger partial charge in [-0.2, -0.15) is 8.42 Å². The summed E-state index contributed by atoms with van der Waals surface area (Å²) in [4.78, 5) is 10.1. The van der Waals surface area contributed by atoms with Crippen LogP contribution in [-0.4, -0.2) is 13.3 Å². The second-order valence-corrected chi connectivity index (χ2v) is 6.07. The van der Waals surface area contributed by atoms with Gasteiger partial charge in [-0.05, 0) is 43.2 Å². The van der Waals surface area contributed by atoms with Gasteiger partial charge in [0, 0.05) is 12.1 Å². The van der Waals surface area contributed by atoms with E-state index in [9.17, 15) is 18.5 Å². The minimum atomic E-state index is -3.97. The number of aryl methyl sites for hydroxylation is 2. The Bertz CT molecular complexity index is 782. The molecule has 0 unspecified atom stereocenters. The van der Waals surface area contributed by atoms with E-state index in [4.69, 9.17) is 4.18 Å². The first-order valence-corrected chi connectivity index (χ1v) is 7.46. The SMILES string of the molecule is Cc1ccc(C)c(S(=O)(=O)Oc2ccc([N+](=O)[O-])cc2)c1. The summed E-state index contributed by atoms with van der Waals surface area (Å²) in [6.07, 6.45) is 0. The molecule has 2 aromatic rings. The van der Waals surface area contributed by atoms with Crippen LogP contribution < -0.4 is 4.18 Å². The maximum Gasteiger partial charge on any atom is 0.339 e.